The van der Waals surface area contributed by atoms with Gasteiger partial charge in [0.05, 0.1) is 0 Å². The van der Waals surface area contributed by atoms with Crippen LogP contribution < -0.4 is 9.64 Å². The fourth-order valence-corrected chi connectivity index (χ4v) is 2.56. The molecule has 0 saturated carbocycles. The zero-order chi connectivity index (χ0) is 15.4. The molecular weight excluding hydrogens is 285 g/mol. The average molecular weight is 305 g/mol. The molecule has 1 saturated heterocycles. The maximum atomic E-state index is 12.9. The highest BCUT2D eigenvalue weighted by atomic mass is 19.1. The van der Waals surface area contributed by atoms with Crippen molar-refractivity contribution in [2.24, 2.45) is 0 Å². The van der Waals surface area contributed by atoms with E-state index in [2.05, 4.69) is 22.0 Å². The molecule has 2 aromatic rings. The van der Waals surface area contributed by atoms with Crippen molar-refractivity contribution >= 4 is 6.01 Å². The fourth-order valence-electron chi connectivity index (χ4n) is 2.56. The quantitative estimate of drug-likeness (QED) is 0.849. The number of aromatic nitrogens is 2. The number of halogens is 1. The summed E-state index contributed by atoms with van der Waals surface area (Å²) < 4.78 is 24.4. The summed E-state index contributed by atoms with van der Waals surface area (Å²) in [6.07, 6.45) is 3.71. The first-order chi connectivity index (χ1) is 10.7. The van der Waals surface area contributed by atoms with Crippen molar-refractivity contribution in [1.29, 1.82) is 0 Å². The number of hydrogen-bond acceptors (Lipinski definition) is 5. The van der Waals surface area contributed by atoms with Gasteiger partial charge in [0.25, 0.3) is 0 Å². The van der Waals surface area contributed by atoms with Gasteiger partial charge in [-0.3, -0.25) is 0 Å². The van der Waals surface area contributed by atoms with Crippen LogP contribution in [0.25, 0.3) is 0 Å². The summed E-state index contributed by atoms with van der Waals surface area (Å²) in [7, 11) is 0. The highest BCUT2D eigenvalue weighted by Gasteiger charge is 2.24. The summed E-state index contributed by atoms with van der Waals surface area (Å²) in [5.41, 5.74) is 0. The molecule has 6 heteroatoms. The Morgan fingerprint density at radius 2 is 1.95 bits per heavy atom. The standard InChI is InChI=1S/C16H20FN3O2/c1-2-3-15-18-19-16(22-15)20-10-8-14(9-11-20)21-13-6-4-12(17)5-7-13/h4-7,14H,2-3,8-11H2,1H3. The van der Waals surface area contributed by atoms with Crippen LogP contribution >= 0.6 is 0 Å². The third-order valence-electron chi connectivity index (χ3n) is 3.75. The van der Waals surface area contributed by atoms with Gasteiger partial charge < -0.3 is 14.1 Å². The third-order valence-corrected chi connectivity index (χ3v) is 3.75. The van der Waals surface area contributed by atoms with Crippen LogP contribution in [0.4, 0.5) is 10.4 Å². The van der Waals surface area contributed by atoms with Gasteiger partial charge in [0.15, 0.2) is 0 Å². The van der Waals surface area contributed by atoms with Gasteiger partial charge in [0.1, 0.15) is 17.7 Å². The summed E-state index contributed by atoms with van der Waals surface area (Å²) >= 11 is 0. The van der Waals surface area contributed by atoms with E-state index in [9.17, 15) is 4.39 Å². The number of piperidine rings is 1. The minimum atomic E-state index is -0.249. The van der Waals surface area contributed by atoms with Crippen molar-refractivity contribution in [2.45, 2.75) is 38.7 Å². The molecular formula is C16H20FN3O2. The van der Waals surface area contributed by atoms with E-state index in [1.165, 1.54) is 12.1 Å². The highest BCUT2D eigenvalue weighted by Crippen LogP contribution is 2.22. The fraction of sp³-hybridized carbons (Fsp3) is 0.500. The van der Waals surface area contributed by atoms with Crippen LogP contribution in [-0.2, 0) is 6.42 Å². The summed E-state index contributed by atoms with van der Waals surface area (Å²) in [5, 5.41) is 8.16. The van der Waals surface area contributed by atoms with Crippen LogP contribution in [0.15, 0.2) is 28.7 Å². The Balaban J connectivity index is 1.52. The molecule has 2 heterocycles. The Labute approximate surface area is 129 Å². The average Bonchev–Trinajstić information content (AvgIpc) is 2.99. The summed E-state index contributed by atoms with van der Waals surface area (Å²) in [5.74, 6) is 1.16. The number of ether oxygens (including phenoxy) is 1. The molecule has 1 aromatic carbocycles. The van der Waals surface area contributed by atoms with Crippen molar-refractivity contribution in [1.82, 2.24) is 10.2 Å². The molecule has 3 rings (SSSR count). The van der Waals surface area contributed by atoms with E-state index in [0.29, 0.717) is 17.7 Å². The van der Waals surface area contributed by atoms with Gasteiger partial charge in [-0.1, -0.05) is 12.0 Å². The Morgan fingerprint density at radius 1 is 1.23 bits per heavy atom. The highest BCUT2D eigenvalue weighted by molar-refractivity contribution is 5.26. The van der Waals surface area contributed by atoms with Crippen LogP contribution in [0.5, 0.6) is 5.75 Å². The lowest BCUT2D eigenvalue weighted by molar-refractivity contribution is 0.169. The lowest BCUT2D eigenvalue weighted by Crippen LogP contribution is -2.38. The third kappa shape index (κ3) is 3.55. The van der Waals surface area contributed by atoms with Crippen molar-refractivity contribution in [3.63, 3.8) is 0 Å². The van der Waals surface area contributed by atoms with E-state index < -0.39 is 0 Å². The van der Waals surface area contributed by atoms with E-state index in [4.69, 9.17) is 9.15 Å². The van der Waals surface area contributed by atoms with Crippen LogP contribution in [-0.4, -0.2) is 29.4 Å². The Bertz CT molecular complexity index is 592. The van der Waals surface area contributed by atoms with Crippen molar-refractivity contribution < 1.29 is 13.5 Å². The minimum absolute atomic E-state index is 0.139. The Morgan fingerprint density at radius 3 is 2.64 bits per heavy atom. The number of anilines is 1. The van der Waals surface area contributed by atoms with Gasteiger partial charge in [0, 0.05) is 32.4 Å². The van der Waals surface area contributed by atoms with Gasteiger partial charge >= 0.3 is 6.01 Å². The molecule has 1 aliphatic rings. The second-order valence-electron chi connectivity index (χ2n) is 5.49. The molecule has 5 nitrogen and oxygen atoms in total. The monoisotopic (exact) mass is 305 g/mol. The molecule has 0 N–H and O–H groups in total. The van der Waals surface area contributed by atoms with Crippen LogP contribution in [0.3, 0.4) is 0 Å². The number of rotatable bonds is 5. The van der Waals surface area contributed by atoms with Crippen LogP contribution in [0.1, 0.15) is 32.1 Å². The molecule has 0 radical (unpaired) electrons. The van der Waals surface area contributed by atoms with Crippen LogP contribution in [0, 0.1) is 5.82 Å². The molecule has 1 aliphatic heterocycles. The van der Waals surface area contributed by atoms with Gasteiger partial charge in [-0.15, -0.1) is 5.10 Å². The van der Waals surface area contributed by atoms with Gasteiger partial charge in [-0.2, -0.15) is 0 Å². The SMILES string of the molecule is CCCc1nnc(N2CCC(Oc3ccc(F)cc3)CC2)o1. The zero-order valence-corrected chi connectivity index (χ0v) is 12.7. The lowest BCUT2D eigenvalue weighted by Gasteiger charge is -2.30. The topological polar surface area (TPSA) is 51.4 Å². The number of nitrogens with zero attached hydrogens (tertiary/aromatic N) is 3. The summed E-state index contributed by atoms with van der Waals surface area (Å²) in [4.78, 5) is 2.09. The molecule has 118 valence electrons. The first-order valence-electron chi connectivity index (χ1n) is 7.74. The van der Waals surface area contributed by atoms with E-state index >= 15 is 0 Å². The summed E-state index contributed by atoms with van der Waals surface area (Å²) in [6.45, 7) is 3.72. The van der Waals surface area contributed by atoms with Gasteiger partial charge in [-0.05, 0) is 30.7 Å². The molecule has 0 spiro atoms. The lowest BCUT2D eigenvalue weighted by atomic mass is 10.1. The predicted molar refractivity (Wildman–Crippen MR) is 80.6 cm³/mol. The normalized spacial score (nSPS) is 16.0. The predicted octanol–water partition coefficient (Wildman–Crippen LogP) is 3.21. The number of benzene rings is 1. The summed E-state index contributed by atoms with van der Waals surface area (Å²) in [6, 6.07) is 6.76. The molecule has 1 aromatic heterocycles. The van der Waals surface area contributed by atoms with Crippen molar-refractivity contribution in [3.05, 3.63) is 36.0 Å². The molecule has 0 atom stereocenters. The Kier molecular flexibility index (Phi) is 4.56. The van der Waals surface area contributed by atoms with E-state index in [0.717, 1.165) is 38.8 Å². The van der Waals surface area contributed by atoms with Gasteiger partial charge in [0.2, 0.25) is 5.89 Å². The maximum Gasteiger partial charge on any atom is 0.318 e. The molecule has 0 bridgehead atoms. The van der Waals surface area contributed by atoms with Crippen molar-refractivity contribution in [3.8, 4) is 5.75 Å². The largest absolute Gasteiger partial charge is 0.490 e. The van der Waals surface area contributed by atoms with E-state index in [-0.39, 0.29) is 11.9 Å². The van der Waals surface area contributed by atoms with Gasteiger partial charge in [-0.25, -0.2) is 4.39 Å². The molecule has 0 amide bonds. The molecule has 0 aliphatic carbocycles. The molecule has 0 unspecified atom stereocenters. The first kappa shape index (κ1) is 14.8. The first-order valence-corrected chi connectivity index (χ1v) is 7.74. The smallest absolute Gasteiger partial charge is 0.318 e. The van der Waals surface area contributed by atoms with Crippen molar-refractivity contribution in [2.75, 3.05) is 18.0 Å². The molecule has 22 heavy (non-hydrogen) atoms. The maximum absolute atomic E-state index is 12.9. The molecule has 1 fully saturated rings. The second kappa shape index (κ2) is 6.77. The minimum Gasteiger partial charge on any atom is -0.490 e. The number of aryl methyl sites for hydroxylation is 1. The van der Waals surface area contributed by atoms with E-state index in [1.807, 2.05) is 0 Å². The Hall–Kier alpha value is -2.11. The van der Waals surface area contributed by atoms with Crippen LogP contribution in [0.2, 0.25) is 0 Å². The number of hydrogen-bond donors (Lipinski definition) is 0. The zero-order valence-electron chi connectivity index (χ0n) is 12.7. The van der Waals surface area contributed by atoms with E-state index in [1.54, 1.807) is 12.1 Å². The second-order valence-corrected chi connectivity index (χ2v) is 5.49.